The van der Waals surface area contributed by atoms with Gasteiger partial charge in [0.25, 0.3) is 12.2 Å². The highest BCUT2D eigenvalue weighted by Crippen LogP contribution is 1.97. The van der Waals surface area contributed by atoms with E-state index in [1.807, 2.05) is 18.2 Å². The highest BCUT2D eigenvalue weighted by molar-refractivity contribution is 5.98. The van der Waals surface area contributed by atoms with Crippen LogP contribution < -0.4 is 10.1 Å². The molecule has 0 saturated heterocycles. The van der Waals surface area contributed by atoms with Crippen molar-refractivity contribution in [1.29, 1.82) is 0 Å². The smallest absolute Gasteiger partial charge is 0.266 e. The molecule has 0 spiro atoms. The van der Waals surface area contributed by atoms with Crippen molar-refractivity contribution in [2.75, 3.05) is 5.43 Å². The lowest BCUT2D eigenvalue weighted by Gasteiger charge is -1.99. The SMILES string of the molecule is Cn1c[n+](NC(=O)c2ccccc2)cn1. The monoisotopic (exact) mass is 203 g/mol. The average Bonchev–Trinajstić information content (AvgIpc) is 2.65. The van der Waals surface area contributed by atoms with Crippen LogP contribution in [0.3, 0.4) is 0 Å². The average molecular weight is 203 g/mol. The van der Waals surface area contributed by atoms with E-state index in [0.717, 1.165) is 0 Å². The van der Waals surface area contributed by atoms with Crippen molar-refractivity contribution in [1.82, 2.24) is 9.78 Å². The first-order valence-corrected chi connectivity index (χ1v) is 4.52. The van der Waals surface area contributed by atoms with Crippen LogP contribution in [0.15, 0.2) is 43.0 Å². The highest BCUT2D eigenvalue weighted by Gasteiger charge is 2.08. The number of hydrogen-bond donors (Lipinski definition) is 1. The van der Waals surface area contributed by atoms with Gasteiger partial charge in [-0.15, -0.1) is 9.36 Å². The molecule has 76 valence electrons. The van der Waals surface area contributed by atoms with E-state index in [4.69, 9.17) is 0 Å². The fraction of sp³-hybridized carbons (Fsp3) is 0.100. The first-order chi connectivity index (χ1) is 7.25. The van der Waals surface area contributed by atoms with Gasteiger partial charge in [-0.2, -0.15) is 0 Å². The van der Waals surface area contributed by atoms with Crippen LogP contribution in [-0.2, 0) is 7.05 Å². The molecule has 0 aliphatic heterocycles. The van der Waals surface area contributed by atoms with Gasteiger partial charge in [-0.25, -0.2) is 5.43 Å². The van der Waals surface area contributed by atoms with Gasteiger partial charge >= 0.3 is 0 Å². The summed E-state index contributed by atoms with van der Waals surface area (Å²) in [5.74, 6) is -0.159. The van der Waals surface area contributed by atoms with Crippen LogP contribution in [0.2, 0.25) is 0 Å². The lowest BCUT2D eigenvalue weighted by molar-refractivity contribution is -0.642. The van der Waals surface area contributed by atoms with Gasteiger partial charge in [-0.05, 0) is 12.1 Å². The fourth-order valence-electron chi connectivity index (χ4n) is 1.21. The highest BCUT2D eigenvalue weighted by atomic mass is 16.2. The molecule has 0 aliphatic rings. The predicted octanol–water partition coefficient (Wildman–Crippen LogP) is 0.0915. The van der Waals surface area contributed by atoms with Crippen molar-refractivity contribution in [3.63, 3.8) is 0 Å². The second-order valence-corrected chi connectivity index (χ2v) is 3.13. The molecular formula is C10H11N4O+. The van der Waals surface area contributed by atoms with Gasteiger partial charge in [-0.1, -0.05) is 18.2 Å². The Hall–Kier alpha value is -2.17. The Bertz CT molecular complexity index is 463. The number of carbonyl (C=O) groups is 1. The fourth-order valence-corrected chi connectivity index (χ4v) is 1.21. The summed E-state index contributed by atoms with van der Waals surface area (Å²) < 4.78 is 3.11. The molecule has 1 aromatic heterocycles. The van der Waals surface area contributed by atoms with E-state index in [1.165, 1.54) is 11.0 Å². The number of nitrogens with zero attached hydrogens (tertiary/aromatic N) is 3. The zero-order valence-electron chi connectivity index (χ0n) is 8.29. The zero-order chi connectivity index (χ0) is 10.7. The van der Waals surface area contributed by atoms with E-state index in [9.17, 15) is 4.79 Å². The lowest BCUT2D eigenvalue weighted by Crippen LogP contribution is -2.46. The number of aromatic nitrogens is 3. The summed E-state index contributed by atoms with van der Waals surface area (Å²) in [7, 11) is 1.78. The molecule has 5 heteroatoms. The molecule has 1 N–H and O–H groups in total. The number of hydrogen-bond acceptors (Lipinski definition) is 2. The van der Waals surface area contributed by atoms with Crippen molar-refractivity contribution in [2.24, 2.45) is 7.05 Å². The molecule has 0 bridgehead atoms. The van der Waals surface area contributed by atoms with E-state index >= 15 is 0 Å². The third-order valence-electron chi connectivity index (χ3n) is 1.92. The van der Waals surface area contributed by atoms with Crippen LogP contribution in [-0.4, -0.2) is 15.7 Å². The molecule has 2 rings (SSSR count). The van der Waals surface area contributed by atoms with Gasteiger partial charge in [0.15, 0.2) is 0 Å². The maximum Gasteiger partial charge on any atom is 0.287 e. The van der Waals surface area contributed by atoms with Crippen LogP contribution in [0.1, 0.15) is 10.4 Å². The molecule has 0 radical (unpaired) electrons. The number of benzene rings is 1. The van der Waals surface area contributed by atoms with Crippen LogP contribution in [0.4, 0.5) is 0 Å². The van der Waals surface area contributed by atoms with Crippen molar-refractivity contribution in [3.8, 4) is 0 Å². The Morgan fingerprint density at radius 1 is 1.40 bits per heavy atom. The quantitative estimate of drug-likeness (QED) is 0.703. The topological polar surface area (TPSA) is 50.8 Å². The Morgan fingerprint density at radius 3 is 2.73 bits per heavy atom. The number of amides is 1. The molecule has 0 fully saturated rings. The van der Waals surface area contributed by atoms with Crippen molar-refractivity contribution < 1.29 is 9.47 Å². The first kappa shape index (κ1) is 9.39. The van der Waals surface area contributed by atoms with Crippen molar-refractivity contribution in [2.45, 2.75) is 0 Å². The van der Waals surface area contributed by atoms with Gasteiger partial charge in [0.1, 0.15) is 0 Å². The normalized spacial score (nSPS) is 9.93. The van der Waals surface area contributed by atoms with Crippen molar-refractivity contribution >= 4 is 5.91 Å². The van der Waals surface area contributed by atoms with Gasteiger partial charge in [0, 0.05) is 10.7 Å². The maximum absolute atomic E-state index is 11.7. The van der Waals surface area contributed by atoms with E-state index in [2.05, 4.69) is 10.5 Å². The van der Waals surface area contributed by atoms with Gasteiger partial charge in [0.05, 0.1) is 7.05 Å². The van der Waals surface area contributed by atoms with Gasteiger partial charge in [-0.3, -0.25) is 4.79 Å². The molecule has 15 heavy (non-hydrogen) atoms. The number of carbonyl (C=O) groups excluding carboxylic acids is 1. The first-order valence-electron chi connectivity index (χ1n) is 4.52. The number of aryl methyl sites for hydroxylation is 1. The Balaban J connectivity index is 2.11. The van der Waals surface area contributed by atoms with E-state index < -0.39 is 0 Å². The molecule has 0 atom stereocenters. The van der Waals surface area contributed by atoms with E-state index in [0.29, 0.717) is 5.56 Å². The summed E-state index contributed by atoms with van der Waals surface area (Å²) in [4.78, 5) is 11.7. The van der Waals surface area contributed by atoms with E-state index in [1.54, 1.807) is 30.2 Å². The second kappa shape index (κ2) is 3.91. The zero-order valence-corrected chi connectivity index (χ0v) is 8.29. The standard InChI is InChI=1S/C10H10N4O/c1-13-8-14(7-11-13)12-10(15)9-5-3-2-4-6-9/h2-8H,1H3/p+1. The van der Waals surface area contributed by atoms with Gasteiger partial charge in [0.2, 0.25) is 6.33 Å². The molecular weight excluding hydrogens is 192 g/mol. The van der Waals surface area contributed by atoms with Crippen LogP contribution in [0.25, 0.3) is 0 Å². The molecule has 0 saturated carbocycles. The third kappa shape index (κ3) is 2.19. The van der Waals surface area contributed by atoms with Crippen LogP contribution >= 0.6 is 0 Å². The maximum atomic E-state index is 11.7. The minimum atomic E-state index is -0.159. The summed E-state index contributed by atoms with van der Waals surface area (Å²) in [6, 6.07) is 9.03. The minimum absolute atomic E-state index is 0.159. The Morgan fingerprint density at radius 2 is 2.13 bits per heavy atom. The van der Waals surface area contributed by atoms with Crippen molar-refractivity contribution in [3.05, 3.63) is 48.5 Å². The third-order valence-corrected chi connectivity index (χ3v) is 1.92. The molecule has 5 nitrogen and oxygen atoms in total. The second-order valence-electron chi connectivity index (χ2n) is 3.13. The molecule has 0 aliphatic carbocycles. The largest absolute Gasteiger partial charge is 0.287 e. The van der Waals surface area contributed by atoms with Crippen LogP contribution in [0.5, 0.6) is 0 Å². The summed E-state index contributed by atoms with van der Waals surface area (Å²) in [6.07, 6.45) is 3.20. The number of nitrogens with one attached hydrogen (secondary N) is 1. The summed E-state index contributed by atoms with van der Waals surface area (Å²) in [5, 5.41) is 3.93. The molecule has 1 aromatic carbocycles. The Labute approximate surface area is 86.9 Å². The lowest BCUT2D eigenvalue weighted by atomic mass is 10.2. The predicted molar refractivity (Wildman–Crippen MR) is 53.5 cm³/mol. The summed E-state index contributed by atoms with van der Waals surface area (Å²) in [5.41, 5.74) is 3.29. The Kier molecular flexibility index (Phi) is 2.45. The van der Waals surface area contributed by atoms with Gasteiger partial charge < -0.3 is 0 Å². The minimum Gasteiger partial charge on any atom is -0.266 e. The molecule has 2 aromatic rings. The molecule has 1 heterocycles. The number of rotatable bonds is 2. The molecule has 0 unspecified atom stereocenters. The van der Waals surface area contributed by atoms with E-state index in [-0.39, 0.29) is 5.91 Å². The van der Waals surface area contributed by atoms with Crippen LogP contribution in [0, 0.1) is 0 Å². The molecule has 1 amide bonds. The summed E-state index contributed by atoms with van der Waals surface area (Å²) >= 11 is 0. The summed E-state index contributed by atoms with van der Waals surface area (Å²) in [6.45, 7) is 0.